The van der Waals surface area contributed by atoms with Crippen LogP contribution < -0.4 is 4.74 Å². The molecule has 130 valence electrons. The number of rotatable bonds is 5. The van der Waals surface area contributed by atoms with E-state index in [-0.39, 0.29) is 5.69 Å². The van der Waals surface area contributed by atoms with Crippen molar-refractivity contribution in [2.75, 3.05) is 0 Å². The van der Waals surface area contributed by atoms with Crippen LogP contribution in [0.15, 0.2) is 48.8 Å². The van der Waals surface area contributed by atoms with E-state index < -0.39 is 16.5 Å². The van der Waals surface area contributed by atoms with Crippen molar-refractivity contribution in [2.24, 2.45) is 0 Å². The molecule has 2 aromatic rings. The van der Waals surface area contributed by atoms with E-state index in [0.717, 1.165) is 0 Å². The van der Waals surface area contributed by atoms with Crippen LogP contribution in [-0.4, -0.2) is 21.5 Å². The fraction of sp³-hybridized carbons (Fsp3) is 0.222. The molecule has 25 heavy (non-hydrogen) atoms. The second-order valence-corrected chi connectivity index (χ2v) is 6.13. The Kier molecular flexibility index (Phi) is 5.49. The molecule has 0 fully saturated rings. The molecule has 2 rings (SSSR count). The van der Waals surface area contributed by atoms with Gasteiger partial charge in [0.15, 0.2) is 0 Å². The van der Waals surface area contributed by atoms with Gasteiger partial charge in [-0.25, -0.2) is 4.79 Å². The first kappa shape index (κ1) is 18.1. The summed E-state index contributed by atoms with van der Waals surface area (Å²) in [6.07, 6.45) is 5.93. The summed E-state index contributed by atoms with van der Waals surface area (Å²) < 4.78 is 10.9. The van der Waals surface area contributed by atoms with E-state index in [1.165, 1.54) is 30.3 Å². The summed E-state index contributed by atoms with van der Waals surface area (Å²) in [5.41, 5.74) is -0.0205. The van der Waals surface area contributed by atoms with Crippen molar-refractivity contribution >= 4 is 17.7 Å². The van der Waals surface area contributed by atoms with Gasteiger partial charge in [0.05, 0.1) is 4.92 Å². The summed E-state index contributed by atoms with van der Waals surface area (Å²) in [6, 6.07) is 7.34. The molecule has 0 bridgehead atoms. The van der Waals surface area contributed by atoms with Crippen LogP contribution in [0.4, 0.5) is 5.69 Å². The van der Waals surface area contributed by atoms with E-state index in [9.17, 15) is 14.9 Å². The Labute approximate surface area is 145 Å². The molecule has 0 aliphatic heterocycles. The first-order valence-corrected chi connectivity index (χ1v) is 7.52. The molecule has 1 aromatic heterocycles. The molecule has 0 saturated heterocycles. The third-order valence-corrected chi connectivity index (χ3v) is 2.89. The number of nitrogens with zero attached hydrogens (tertiary/aromatic N) is 2. The Morgan fingerprint density at radius 1 is 1.20 bits per heavy atom. The molecule has 0 spiro atoms. The fourth-order valence-corrected chi connectivity index (χ4v) is 1.87. The third kappa shape index (κ3) is 5.72. The molecule has 7 nitrogen and oxygen atoms in total. The van der Waals surface area contributed by atoms with Crippen LogP contribution in [0.1, 0.15) is 26.3 Å². The minimum Gasteiger partial charge on any atom is -0.457 e. The lowest BCUT2D eigenvalue weighted by Gasteiger charge is -2.17. The van der Waals surface area contributed by atoms with Gasteiger partial charge in [0.2, 0.25) is 0 Å². The second-order valence-electron chi connectivity index (χ2n) is 6.13. The standard InChI is InChI=1S/C18H18N2O5/c1-18(2,3)25-17(21)9-4-13-12-19-11-10-16(13)24-15-7-5-14(6-8-15)20(22)23/h4-12H,1-3H3/b9-4+. The highest BCUT2D eigenvalue weighted by Gasteiger charge is 2.14. The SMILES string of the molecule is CC(C)(C)OC(=O)/C=C/c1cnccc1Oc1ccc([N+](=O)[O-])cc1. The Bertz CT molecular complexity index is 792. The summed E-state index contributed by atoms with van der Waals surface area (Å²) >= 11 is 0. The number of pyridine rings is 1. The highest BCUT2D eigenvalue weighted by Crippen LogP contribution is 2.27. The van der Waals surface area contributed by atoms with Crippen molar-refractivity contribution in [1.29, 1.82) is 0 Å². The Morgan fingerprint density at radius 2 is 1.88 bits per heavy atom. The van der Waals surface area contributed by atoms with Crippen molar-refractivity contribution in [3.8, 4) is 11.5 Å². The Hall–Kier alpha value is -3.22. The predicted molar refractivity (Wildman–Crippen MR) is 92.3 cm³/mol. The maximum absolute atomic E-state index is 11.8. The smallest absolute Gasteiger partial charge is 0.331 e. The van der Waals surface area contributed by atoms with E-state index in [0.29, 0.717) is 17.1 Å². The van der Waals surface area contributed by atoms with Crippen LogP contribution in [0.2, 0.25) is 0 Å². The average Bonchev–Trinajstić information content (AvgIpc) is 2.53. The number of esters is 1. The first-order valence-electron chi connectivity index (χ1n) is 7.52. The molecule has 1 heterocycles. The molecule has 0 aliphatic rings. The number of hydrogen-bond donors (Lipinski definition) is 0. The van der Waals surface area contributed by atoms with Gasteiger partial charge in [-0.3, -0.25) is 15.1 Å². The van der Waals surface area contributed by atoms with Crippen LogP contribution in [-0.2, 0) is 9.53 Å². The number of carbonyl (C=O) groups is 1. The van der Waals surface area contributed by atoms with E-state index in [1.807, 2.05) is 0 Å². The van der Waals surface area contributed by atoms with Gasteiger partial charge in [0, 0.05) is 36.2 Å². The van der Waals surface area contributed by atoms with Crippen molar-refractivity contribution < 1.29 is 19.2 Å². The van der Waals surface area contributed by atoms with Crippen LogP contribution in [0.25, 0.3) is 6.08 Å². The molecule has 0 aliphatic carbocycles. The van der Waals surface area contributed by atoms with Crippen LogP contribution in [0, 0.1) is 10.1 Å². The minimum atomic E-state index is -0.575. The van der Waals surface area contributed by atoms with Gasteiger partial charge in [-0.2, -0.15) is 0 Å². The van der Waals surface area contributed by atoms with Gasteiger partial charge >= 0.3 is 5.97 Å². The number of nitro groups is 1. The molecule has 1 aromatic carbocycles. The van der Waals surface area contributed by atoms with Crippen LogP contribution in [0.5, 0.6) is 11.5 Å². The zero-order chi connectivity index (χ0) is 18.4. The fourth-order valence-electron chi connectivity index (χ4n) is 1.87. The Balaban J connectivity index is 2.15. The Morgan fingerprint density at radius 3 is 2.48 bits per heavy atom. The molecule has 0 unspecified atom stereocenters. The lowest BCUT2D eigenvalue weighted by atomic mass is 10.2. The summed E-state index contributed by atoms with van der Waals surface area (Å²) in [5.74, 6) is 0.421. The van der Waals surface area contributed by atoms with Gasteiger partial charge in [-0.1, -0.05) is 0 Å². The van der Waals surface area contributed by atoms with E-state index in [4.69, 9.17) is 9.47 Å². The maximum Gasteiger partial charge on any atom is 0.331 e. The number of aromatic nitrogens is 1. The van der Waals surface area contributed by atoms with Gasteiger partial charge in [0.1, 0.15) is 17.1 Å². The monoisotopic (exact) mass is 342 g/mol. The maximum atomic E-state index is 11.8. The first-order chi connectivity index (χ1) is 11.7. The molecule has 0 N–H and O–H groups in total. The largest absolute Gasteiger partial charge is 0.457 e. The lowest BCUT2D eigenvalue weighted by Crippen LogP contribution is -2.22. The summed E-state index contributed by atoms with van der Waals surface area (Å²) in [5, 5.41) is 10.7. The molecule has 0 atom stereocenters. The number of carbonyl (C=O) groups excluding carboxylic acids is 1. The molecular weight excluding hydrogens is 324 g/mol. The average molecular weight is 342 g/mol. The van der Waals surface area contributed by atoms with Crippen LogP contribution in [0.3, 0.4) is 0 Å². The van der Waals surface area contributed by atoms with Gasteiger partial charge in [0.25, 0.3) is 5.69 Å². The minimum absolute atomic E-state index is 0.0212. The number of non-ortho nitro benzene ring substituents is 1. The van der Waals surface area contributed by atoms with Crippen LogP contribution >= 0.6 is 0 Å². The highest BCUT2D eigenvalue weighted by molar-refractivity contribution is 5.87. The third-order valence-electron chi connectivity index (χ3n) is 2.89. The van der Waals surface area contributed by atoms with Crippen molar-refractivity contribution in [3.63, 3.8) is 0 Å². The molecule has 0 radical (unpaired) electrons. The molecule has 0 amide bonds. The second kappa shape index (κ2) is 7.57. The zero-order valence-electron chi connectivity index (χ0n) is 14.1. The number of benzene rings is 1. The van der Waals surface area contributed by atoms with Crippen molar-refractivity contribution in [1.82, 2.24) is 4.98 Å². The summed E-state index contributed by atoms with van der Waals surface area (Å²) in [7, 11) is 0. The quantitative estimate of drug-likeness (QED) is 0.351. The molecule has 0 saturated carbocycles. The van der Waals surface area contributed by atoms with Crippen molar-refractivity contribution in [3.05, 3.63) is 64.5 Å². The summed E-state index contributed by atoms with van der Waals surface area (Å²) in [6.45, 7) is 5.35. The number of hydrogen-bond acceptors (Lipinski definition) is 6. The predicted octanol–water partition coefficient (Wildman–Crippen LogP) is 4.14. The highest BCUT2D eigenvalue weighted by atomic mass is 16.6. The van der Waals surface area contributed by atoms with Crippen molar-refractivity contribution in [2.45, 2.75) is 26.4 Å². The van der Waals surface area contributed by atoms with Gasteiger partial charge in [-0.15, -0.1) is 0 Å². The van der Waals surface area contributed by atoms with Gasteiger partial charge in [-0.05, 0) is 45.0 Å². The van der Waals surface area contributed by atoms with Gasteiger partial charge < -0.3 is 9.47 Å². The summed E-state index contributed by atoms with van der Waals surface area (Å²) in [4.78, 5) is 26.0. The molecule has 7 heteroatoms. The number of nitro benzene ring substituents is 1. The van der Waals surface area contributed by atoms with E-state index in [1.54, 1.807) is 45.3 Å². The van der Waals surface area contributed by atoms with E-state index >= 15 is 0 Å². The molecular formula is C18H18N2O5. The zero-order valence-corrected chi connectivity index (χ0v) is 14.1. The number of ether oxygens (including phenoxy) is 2. The lowest BCUT2D eigenvalue weighted by molar-refractivity contribution is -0.384. The normalized spacial score (nSPS) is 11.3. The topological polar surface area (TPSA) is 91.6 Å². The van der Waals surface area contributed by atoms with E-state index in [2.05, 4.69) is 4.98 Å².